The molecule has 0 bridgehead atoms. The molecule has 0 spiro atoms. The van der Waals surface area contributed by atoms with Crippen molar-refractivity contribution < 1.29 is 20.1 Å². The van der Waals surface area contributed by atoms with E-state index in [0.29, 0.717) is 0 Å². The lowest BCUT2D eigenvalue weighted by molar-refractivity contribution is -0.137. The number of amides is 1. The molecule has 6 N–H and O–H groups in total. The van der Waals surface area contributed by atoms with Crippen molar-refractivity contribution in [3.63, 3.8) is 0 Å². The molecule has 70 valence electrons. The predicted octanol–water partition coefficient (Wildman–Crippen LogP) is -3.47. The van der Waals surface area contributed by atoms with Crippen molar-refractivity contribution >= 4 is 5.91 Å². The molecule has 1 aliphatic heterocycles. The molecule has 1 aliphatic rings. The number of nitrogens with one attached hydrogen (secondary N) is 1. The zero-order valence-electron chi connectivity index (χ0n) is 6.34. The molecule has 4 atom stereocenters. The Balaban J connectivity index is 2.70. The van der Waals surface area contributed by atoms with Crippen molar-refractivity contribution in [1.82, 2.24) is 5.32 Å². The third-order valence-corrected chi connectivity index (χ3v) is 1.96. The van der Waals surface area contributed by atoms with E-state index in [2.05, 4.69) is 5.32 Å². The molecule has 1 amide bonds. The molecule has 6 heteroatoms. The SMILES string of the molecule is N[C@@H]1C(=O)NC(CO)[C@@H](O)C1O. The number of piperidine rings is 1. The van der Waals surface area contributed by atoms with Crippen LogP contribution in [0.3, 0.4) is 0 Å². The highest BCUT2D eigenvalue weighted by molar-refractivity contribution is 5.83. The summed E-state index contributed by atoms with van der Waals surface area (Å²) in [4.78, 5) is 10.9. The summed E-state index contributed by atoms with van der Waals surface area (Å²) in [5.41, 5.74) is 5.23. The lowest BCUT2D eigenvalue weighted by Gasteiger charge is -2.34. The smallest absolute Gasteiger partial charge is 0.240 e. The van der Waals surface area contributed by atoms with Gasteiger partial charge in [-0.1, -0.05) is 0 Å². The molecule has 0 radical (unpaired) electrons. The molecule has 6 nitrogen and oxygen atoms in total. The number of nitrogens with two attached hydrogens (primary N) is 1. The molecule has 12 heavy (non-hydrogen) atoms. The molecule has 0 aromatic rings. The first-order valence-corrected chi connectivity index (χ1v) is 3.61. The summed E-state index contributed by atoms with van der Waals surface area (Å²) in [7, 11) is 0. The van der Waals surface area contributed by atoms with Crippen LogP contribution in [0.1, 0.15) is 0 Å². The number of aliphatic hydroxyl groups excluding tert-OH is 3. The summed E-state index contributed by atoms with van der Waals surface area (Å²) in [6, 6.07) is -1.95. The number of carbonyl (C=O) groups excluding carboxylic acids is 1. The van der Waals surface area contributed by atoms with Crippen LogP contribution in [0.15, 0.2) is 0 Å². The van der Waals surface area contributed by atoms with E-state index in [1.165, 1.54) is 0 Å². The molecule has 0 aromatic carbocycles. The summed E-state index contributed by atoms with van der Waals surface area (Å²) < 4.78 is 0. The fraction of sp³-hybridized carbons (Fsp3) is 0.833. The summed E-state index contributed by atoms with van der Waals surface area (Å²) >= 11 is 0. The Labute approximate surface area is 69.0 Å². The van der Waals surface area contributed by atoms with E-state index in [1.54, 1.807) is 0 Å². The standard InChI is InChI=1S/C6H12N2O4/c7-3-5(11)4(10)2(1-9)8-6(3)12/h2-5,9-11H,1,7H2,(H,8,12)/t2?,3-,4+,5?/m0/s1. The van der Waals surface area contributed by atoms with Crippen LogP contribution in [-0.4, -0.2) is 52.1 Å². The van der Waals surface area contributed by atoms with E-state index >= 15 is 0 Å². The van der Waals surface area contributed by atoms with Gasteiger partial charge in [-0.15, -0.1) is 0 Å². The second-order valence-electron chi connectivity index (χ2n) is 2.80. The Morgan fingerprint density at radius 1 is 1.42 bits per heavy atom. The number of carbonyl (C=O) groups is 1. The van der Waals surface area contributed by atoms with E-state index in [1.807, 2.05) is 0 Å². The Morgan fingerprint density at radius 3 is 2.50 bits per heavy atom. The monoisotopic (exact) mass is 176 g/mol. The van der Waals surface area contributed by atoms with Gasteiger partial charge in [-0.2, -0.15) is 0 Å². The van der Waals surface area contributed by atoms with Crippen LogP contribution in [0.4, 0.5) is 0 Å². The van der Waals surface area contributed by atoms with Crippen molar-refractivity contribution in [2.75, 3.05) is 6.61 Å². The molecule has 1 rings (SSSR count). The Kier molecular flexibility index (Phi) is 2.63. The highest BCUT2D eigenvalue weighted by Gasteiger charge is 2.39. The third-order valence-electron chi connectivity index (χ3n) is 1.96. The number of hydrogen-bond acceptors (Lipinski definition) is 5. The molecular weight excluding hydrogens is 164 g/mol. The first-order chi connectivity index (χ1) is 5.57. The zero-order chi connectivity index (χ0) is 9.30. The van der Waals surface area contributed by atoms with Crippen molar-refractivity contribution in [1.29, 1.82) is 0 Å². The van der Waals surface area contributed by atoms with Gasteiger partial charge in [-0.05, 0) is 0 Å². The third kappa shape index (κ3) is 1.42. The van der Waals surface area contributed by atoms with Crippen LogP contribution in [0.2, 0.25) is 0 Å². The number of aliphatic hydroxyl groups is 3. The predicted molar refractivity (Wildman–Crippen MR) is 39.0 cm³/mol. The van der Waals surface area contributed by atoms with Crippen molar-refractivity contribution in [3.8, 4) is 0 Å². The number of rotatable bonds is 1. The largest absolute Gasteiger partial charge is 0.394 e. The van der Waals surface area contributed by atoms with Gasteiger partial charge in [0.2, 0.25) is 5.91 Å². The van der Waals surface area contributed by atoms with Crippen molar-refractivity contribution in [2.24, 2.45) is 5.73 Å². The van der Waals surface area contributed by atoms with E-state index in [4.69, 9.17) is 10.8 Å². The fourth-order valence-electron chi connectivity index (χ4n) is 1.12. The van der Waals surface area contributed by atoms with Gasteiger partial charge in [0, 0.05) is 0 Å². The molecular formula is C6H12N2O4. The lowest BCUT2D eigenvalue weighted by atomic mass is 9.95. The minimum absolute atomic E-state index is 0.420. The van der Waals surface area contributed by atoms with E-state index in [9.17, 15) is 15.0 Å². The first kappa shape index (κ1) is 9.40. The Bertz CT molecular complexity index is 184. The second kappa shape index (κ2) is 3.36. The quantitative estimate of drug-likeness (QED) is 0.284. The van der Waals surface area contributed by atoms with E-state index in [0.717, 1.165) is 0 Å². The van der Waals surface area contributed by atoms with Gasteiger partial charge >= 0.3 is 0 Å². The lowest BCUT2D eigenvalue weighted by Crippen LogP contribution is -2.66. The maximum Gasteiger partial charge on any atom is 0.240 e. The molecule has 1 fully saturated rings. The van der Waals surface area contributed by atoms with Gasteiger partial charge in [-0.25, -0.2) is 0 Å². The van der Waals surface area contributed by atoms with Gasteiger partial charge < -0.3 is 26.4 Å². The Morgan fingerprint density at radius 2 is 2.00 bits per heavy atom. The van der Waals surface area contributed by atoms with Gasteiger partial charge in [0.25, 0.3) is 0 Å². The highest BCUT2D eigenvalue weighted by Crippen LogP contribution is 2.09. The second-order valence-corrected chi connectivity index (χ2v) is 2.80. The van der Waals surface area contributed by atoms with Crippen LogP contribution >= 0.6 is 0 Å². The van der Waals surface area contributed by atoms with Crippen LogP contribution in [0.5, 0.6) is 0 Å². The van der Waals surface area contributed by atoms with Crippen LogP contribution < -0.4 is 11.1 Å². The molecule has 1 saturated heterocycles. The molecule has 0 saturated carbocycles. The highest BCUT2D eigenvalue weighted by atomic mass is 16.3. The topological polar surface area (TPSA) is 116 Å². The summed E-state index contributed by atoms with van der Waals surface area (Å²) in [5, 5.41) is 29.3. The summed E-state index contributed by atoms with van der Waals surface area (Å²) in [6.07, 6.45) is -2.52. The maximum atomic E-state index is 10.9. The van der Waals surface area contributed by atoms with Gasteiger partial charge in [0.15, 0.2) is 0 Å². The van der Waals surface area contributed by atoms with Gasteiger partial charge in [0.05, 0.1) is 12.6 Å². The minimum atomic E-state index is -1.31. The maximum absolute atomic E-state index is 10.9. The van der Waals surface area contributed by atoms with E-state index in [-0.39, 0.29) is 0 Å². The normalized spacial score (nSPS) is 42.5. The average Bonchev–Trinajstić information content (AvgIpc) is 2.08. The Hall–Kier alpha value is -0.690. The average molecular weight is 176 g/mol. The molecule has 1 heterocycles. The van der Waals surface area contributed by atoms with E-state index < -0.39 is 36.8 Å². The summed E-state index contributed by atoms with van der Waals surface area (Å²) in [5.74, 6) is -0.563. The number of hydrogen-bond donors (Lipinski definition) is 5. The first-order valence-electron chi connectivity index (χ1n) is 3.61. The minimum Gasteiger partial charge on any atom is -0.394 e. The van der Waals surface area contributed by atoms with Crippen molar-refractivity contribution in [3.05, 3.63) is 0 Å². The fourth-order valence-corrected chi connectivity index (χ4v) is 1.12. The molecule has 2 unspecified atom stereocenters. The van der Waals surface area contributed by atoms with Crippen LogP contribution in [-0.2, 0) is 4.79 Å². The van der Waals surface area contributed by atoms with Gasteiger partial charge in [-0.3, -0.25) is 4.79 Å². The molecule has 0 aliphatic carbocycles. The zero-order valence-corrected chi connectivity index (χ0v) is 6.34. The summed E-state index contributed by atoms with van der Waals surface area (Å²) in [6.45, 7) is -0.420. The van der Waals surface area contributed by atoms with Gasteiger partial charge in [0.1, 0.15) is 18.2 Å². The molecule has 0 aromatic heterocycles. The van der Waals surface area contributed by atoms with Crippen LogP contribution in [0.25, 0.3) is 0 Å². The van der Waals surface area contributed by atoms with Crippen LogP contribution in [0, 0.1) is 0 Å². The van der Waals surface area contributed by atoms with Crippen molar-refractivity contribution in [2.45, 2.75) is 24.3 Å².